The van der Waals surface area contributed by atoms with E-state index in [-0.39, 0.29) is 17.4 Å². The average molecular weight is 394 g/mol. The number of fused-ring (bicyclic) bond motifs is 1. The lowest BCUT2D eigenvalue weighted by Crippen LogP contribution is -2.30. The highest BCUT2D eigenvalue weighted by Gasteiger charge is 2.57. The minimum absolute atomic E-state index is 0.00946. The van der Waals surface area contributed by atoms with Crippen LogP contribution in [0.1, 0.15) is 19.8 Å². The number of aromatic nitrogens is 6. The van der Waals surface area contributed by atoms with Gasteiger partial charge in [0.15, 0.2) is 5.65 Å². The molecule has 2 fully saturated rings. The quantitative estimate of drug-likeness (QED) is 0.614. The highest BCUT2D eigenvalue weighted by molar-refractivity contribution is 5.87. The molecule has 5 rings (SSSR count). The molecule has 1 atom stereocenters. The lowest BCUT2D eigenvalue weighted by atomic mass is 10.0. The van der Waals surface area contributed by atoms with Crippen LogP contribution in [0, 0.1) is 5.41 Å². The summed E-state index contributed by atoms with van der Waals surface area (Å²) in [7, 11) is 0. The van der Waals surface area contributed by atoms with Crippen molar-refractivity contribution in [2.75, 3.05) is 18.4 Å². The van der Waals surface area contributed by atoms with E-state index in [1.807, 2.05) is 17.8 Å². The van der Waals surface area contributed by atoms with Crippen LogP contribution in [0.15, 0.2) is 31.2 Å². The molecule has 10 nitrogen and oxygen atoms in total. The predicted molar refractivity (Wildman–Crippen MR) is 106 cm³/mol. The number of anilines is 2. The van der Waals surface area contributed by atoms with Gasteiger partial charge in [0.1, 0.15) is 11.5 Å². The highest BCUT2D eigenvalue weighted by atomic mass is 16.5. The Hall–Kier alpha value is -3.43. The summed E-state index contributed by atoms with van der Waals surface area (Å²) in [5, 5.41) is 15.1. The molecule has 10 heteroatoms. The first-order valence-corrected chi connectivity index (χ1v) is 9.69. The molecule has 2 N–H and O–H groups in total. The summed E-state index contributed by atoms with van der Waals surface area (Å²) < 4.78 is 8.17. The zero-order chi connectivity index (χ0) is 20.0. The molecule has 0 radical (unpaired) electrons. The van der Waals surface area contributed by atoms with Crippen LogP contribution in [0.3, 0.4) is 0 Å². The van der Waals surface area contributed by atoms with Crippen molar-refractivity contribution in [1.29, 1.82) is 0 Å². The van der Waals surface area contributed by atoms with E-state index in [0.29, 0.717) is 36.0 Å². The van der Waals surface area contributed by atoms with Crippen LogP contribution in [-0.2, 0) is 11.3 Å². The summed E-state index contributed by atoms with van der Waals surface area (Å²) >= 11 is 0. The summed E-state index contributed by atoms with van der Waals surface area (Å²) in [5.41, 5.74) is 1.39. The van der Waals surface area contributed by atoms with Crippen molar-refractivity contribution in [3.8, 4) is 5.88 Å². The molecule has 3 aromatic rings. The van der Waals surface area contributed by atoms with Crippen molar-refractivity contribution in [1.82, 2.24) is 34.8 Å². The Morgan fingerprint density at radius 2 is 2.31 bits per heavy atom. The van der Waals surface area contributed by atoms with E-state index in [9.17, 15) is 4.79 Å². The molecule has 0 bridgehead atoms. The van der Waals surface area contributed by atoms with Gasteiger partial charge in [0.05, 0.1) is 24.6 Å². The minimum atomic E-state index is -0.116. The van der Waals surface area contributed by atoms with Gasteiger partial charge in [-0.1, -0.05) is 6.58 Å². The Balaban J connectivity index is 1.43. The Bertz CT molecular complexity index is 1080. The molecule has 0 aromatic carbocycles. The van der Waals surface area contributed by atoms with Crippen LogP contribution in [0.25, 0.3) is 11.0 Å². The van der Waals surface area contributed by atoms with Crippen molar-refractivity contribution in [3.63, 3.8) is 0 Å². The molecule has 2 aliphatic rings. The number of H-pyrrole nitrogens is 1. The van der Waals surface area contributed by atoms with Gasteiger partial charge in [-0.3, -0.25) is 14.6 Å². The number of nitrogens with one attached hydrogen (secondary N) is 2. The van der Waals surface area contributed by atoms with E-state index in [2.05, 4.69) is 37.2 Å². The second-order valence-corrected chi connectivity index (χ2v) is 7.59. The molecule has 1 unspecified atom stereocenters. The number of aryl methyl sites for hydroxylation is 1. The molecular formula is C19H22N8O2. The first kappa shape index (κ1) is 17.7. The van der Waals surface area contributed by atoms with Gasteiger partial charge in [0, 0.05) is 24.7 Å². The number of hydrogen-bond donors (Lipinski definition) is 2. The van der Waals surface area contributed by atoms with Crippen LogP contribution in [0.5, 0.6) is 5.88 Å². The third kappa shape index (κ3) is 3.10. The first-order valence-electron chi connectivity index (χ1n) is 9.69. The second kappa shape index (κ2) is 6.57. The fourth-order valence-electron chi connectivity index (χ4n) is 3.86. The van der Waals surface area contributed by atoms with Crippen LogP contribution in [-0.4, -0.2) is 59.9 Å². The number of ether oxygens (including phenoxy) is 1. The lowest BCUT2D eigenvalue weighted by molar-refractivity contribution is -0.125. The van der Waals surface area contributed by atoms with Gasteiger partial charge < -0.3 is 15.0 Å². The third-order valence-electron chi connectivity index (χ3n) is 5.70. The van der Waals surface area contributed by atoms with Gasteiger partial charge >= 0.3 is 0 Å². The van der Waals surface area contributed by atoms with Crippen molar-refractivity contribution in [2.24, 2.45) is 5.41 Å². The number of rotatable bonds is 6. The standard InChI is InChI=1S/C19H22N8O2/c1-3-15(28)26-10-14(19(11-26)5-6-19)29-17-13-8-20-25-16(13)23-18(24-17)22-12-7-21-27(4-2)9-12/h3,7-9,14H,1,4-6,10-11H2,2H3,(H2,20,22,23,24,25). The van der Waals surface area contributed by atoms with E-state index < -0.39 is 0 Å². The van der Waals surface area contributed by atoms with E-state index >= 15 is 0 Å². The minimum Gasteiger partial charge on any atom is -0.471 e. The van der Waals surface area contributed by atoms with Crippen LogP contribution >= 0.6 is 0 Å². The van der Waals surface area contributed by atoms with E-state index in [1.54, 1.807) is 17.3 Å². The van der Waals surface area contributed by atoms with Gasteiger partial charge in [0.25, 0.3) is 0 Å². The number of aromatic amines is 1. The molecule has 1 saturated carbocycles. The lowest BCUT2D eigenvalue weighted by Gasteiger charge is -2.19. The number of carbonyl (C=O) groups excluding carboxylic acids is 1. The Labute approximate surface area is 167 Å². The van der Waals surface area contributed by atoms with Crippen LogP contribution in [0.2, 0.25) is 0 Å². The molecule has 1 aliphatic heterocycles. The maximum absolute atomic E-state index is 12.1. The molecule has 3 aromatic heterocycles. The fourth-order valence-corrected chi connectivity index (χ4v) is 3.86. The Morgan fingerprint density at radius 3 is 3.03 bits per heavy atom. The second-order valence-electron chi connectivity index (χ2n) is 7.59. The molecular weight excluding hydrogens is 372 g/mol. The van der Waals surface area contributed by atoms with Crippen LogP contribution in [0.4, 0.5) is 11.6 Å². The summed E-state index contributed by atoms with van der Waals surface area (Å²) in [5.74, 6) is 0.793. The topological polar surface area (TPSA) is 114 Å². The molecule has 150 valence electrons. The van der Waals surface area contributed by atoms with Gasteiger partial charge in [-0.15, -0.1) is 0 Å². The largest absolute Gasteiger partial charge is 0.471 e. The van der Waals surface area contributed by atoms with Gasteiger partial charge in [-0.2, -0.15) is 20.2 Å². The van der Waals surface area contributed by atoms with Crippen LogP contribution < -0.4 is 10.1 Å². The van der Waals surface area contributed by atoms with E-state index in [4.69, 9.17) is 4.74 Å². The number of nitrogens with zero attached hydrogens (tertiary/aromatic N) is 6. The van der Waals surface area contributed by atoms with Crippen molar-refractivity contribution < 1.29 is 9.53 Å². The summed E-state index contributed by atoms with van der Waals surface area (Å²) in [6.07, 6.45) is 8.59. The number of likely N-dealkylation sites (tertiary alicyclic amines) is 1. The molecule has 4 heterocycles. The van der Waals surface area contributed by atoms with Gasteiger partial charge in [-0.05, 0) is 25.8 Å². The predicted octanol–water partition coefficient (Wildman–Crippen LogP) is 1.87. The number of amides is 1. The normalized spacial score (nSPS) is 19.6. The van der Waals surface area contributed by atoms with Gasteiger partial charge in [0.2, 0.25) is 17.7 Å². The van der Waals surface area contributed by atoms with E-state index in [0.717, 1.165) is 25.1 Å². The summed E-state index contributed by atoms with van der Waals surface area (Å²) in [6.45, 7) is 7.62. The zero-order valence-electron chi connectivity index (χ0n) is 16.1. The van der Waals surface area contributed by atoms with Crippen molar-refractivity contribution >= 4 is 28.6 Å². The Morgan fingerprint density at radius 1 is 1.45 bits per heavy atom. The maximum Gasteiger partial charge on any atom is 0.246 e. The van der Waals surface area contributed by atoms with Gasteiger partial charge in [-0.25, -0.2) is 0 Å². The maximum atomic E-state index is 12.1. The molecule has 1 spiro atoms. The molecule has 1 aliphatic carbocycles. The van der Waals surface area contributed by atoms with E-state index in [1.165, 1.54) is 6.08 Å². The molecule has 1 amide bonds. The highest BCUT2D eigenvalue weighted by Crippen LogP contribution is 2.54. The smallest absolute Gasteiger partial charge is 0.246 e. The fraction of sp³-hybridized carbons (Fsp3) is 0.421. The number of hydrogen-bond acceptors (Lipinski definition) is 7. The number of carbonyl (C=O) groups is 1. The third-order valence-corrected chi connectivity index (χ3v) is 5.70. The van der Waals surface area contributed by atoms with Crippen molar-refractivity contribution in [3.05, 3.63) is 31.2 Å². The summed E-state index contributed by atoms with van der Waals surface area (Å²) in [4.78, 5) is 22.9. The molecule has 1 saturated heterocycles. The Kier molecular flexibility index (Phi) is 4.00. The average Bonchev–Trinajstić information content (AvgIpc) is 3.07. The molecule has 29 heavy (non-hydrogen) atoms. The summed E-state index contributed by atoms with van der Waals surface area (Å²) in [6, 6.07) is 0. The zero-order valence-corrected chi connectivity index (χ0v) is 16.1. The monoisotopic (exact) mass is 394 g/mol. The SMILES string of the molecule is C=CC(=O)N1CC(Oc2nc(Nc3cnn(CC)c3)nc3[nH]ncc23)C2(CC2)C1. The first-order chi connectivity index (χ1) is 14.1. The van der Waals surface area contributed by atoms with Crippen molar-refractivity contribution in [2.45, 2.75) is 32.4 Å².